The third-order valence-electron chi connectivity index (χ3n) is 2.30. The Labute approximate surface area is 104 Å². The van der Waals surface area contributed by atoms with Crippen LogP contribution in [-0.4, -0.2) is 28.6 Å². The van der Waals surface area contributed by atoms with Crippen molar-refractivity contribution in [2.75, 3.05) is 19.0 Å². The summed E-state index contributed by atoms with van der Waals surface area (Å²) in [5.41, 5.74) is 0.822. The van der Waals surface area contributed by atoms with Gasteiger partial charge in [-0.2, -0.15) is 0 Å². The Morgan fingerprint density at radius 2 is 2.22 bits per heavy atom. The topological polar surface area (TPSA) is 59.9 Å². The molecule has 0 fully saturated rings. The van der Waals surface area contributed by atoms with Gasteiger partial charge in [-0.15, -0.1) is 0 Å². The van der Waals surface area contributed by atoms with Crippen molar-refractivity contribution in [1.82, 2.24) is 15.0 Å². The molecule has 0 aliphatic rings. The van der Waals surface area contributed by atoms with Crippen molar-refractivity contribution in [3.05, 3.63) is 30.3 Å². The molecule has 0 radical (unpaired) electrons. The molecular weight excluding hydrogens is 235 g/mol. The summed E-state index contributed by atoms with van der Waals surface area (Å²) in [6.45, 7) is 2.59. The van der Waals surface area contributed by atoms with E-state index < -0.39 is 5.82 Å². The molecule has 0 amide bonds. The molecule has 1 N–H and O–H groups in total. The highest BCUT2D eigenvalue weighted by Crippen LogP contribution is 2.23. The molecule has 2 aromatic heterocycles. The van der Waals surface area contributed by atoms with Crippen LogP contribution >= 0.6 is 0 Å². The molecule has 0 saturated heterocycles. The van der Waals surface area contributed by atoms with Gasteiger partial charge in [0.25, 0.3) is 0 Å². The predicted molar refractivity (Wildman–Crippen MR) is 65.9 cm³/mol. The molecular formula is C12H13FN4O. The minimum Gasteiger partial charge on any atom is -0.481 e. The van der Waals surface area contributed by atoms with E-state index >= 15 is 0 Å². The van der Waals surface area contributed by atoms with E-state index in [4.69, 9.17) is 4.74 Å². The van der Waals surface area contributed by atoms with Gasteiger partial charge in [-0.3, -0.25) is 0 Å². The number of nitrogens with zero attached hydrogens (tertiary/aromatic N) is 3. The number of pyridine rings is 1. The fourth-order valence-corrected chi connectivity index (χ4v) is 1.48. The minimum atomic E-state index is -0.482. The zero-order valence-electron chi connectivity index (χ0n) is 10.1. The number of anilines is 1. The van der Waals surface area contributed by atoms with E-state index in [2.05, 4.69) is 20.3 Å². The Balaban J connectivity index is 2.44. The lowest BCUT2D eigenvalue weighted by atomic mass is 10.2. The van der Waals surface area contributed by atoms with Crippen LogP contribution in [0.5, 0.6) is 5.88 Å². The number of nitrogens with one attached hydrogen (secondary N) is 1. The molecule has 0 aromatic carbocycles. The molecule has 0 bridgehead atoms. The average Bonchev–Trinajstić information content (AvgIpc) is 2.41. The van der Waals surface area contributed by atoms with E-state index in [0.29, 0.717) is 23.9 Å². The van der Waals surface area contributed by atoms with Crippen molar-refractivity contribution in [3.63, 3.8) is 0 Å². The number of rotatable bonds is 4. The highest BCUT2D eigenvalue weighted by molar-refractivity contribution is 5.61. The van der Waals surface area contributed by atoms with Gasteiger partial charge in [0.1, 0.15) is 5.69 Å². The maximum atomic E-state index is 13.7. The Hall–Kier alpha value is -2.24. The van der Waals surface area contributed by atoms with Crippen LogP contribution in [0.3, 0.4) is 0 Å². The van der Waals surface area contributed by atoms with E-state index in [-0.39, 0.29) is 5.69 Å². The highest BCUT2D eigenvalue weighted by atomic mass is 19.1. The lowest BCUT2D eigenvalue weighted by molar-refractivity contribution is 0.398. The summed E-state index contributed by atoms with van der Waals surface area (Å²) >= 11 is 0. The van der Waals surface area contributed by atoms with Crippen LogP contribution in [-0.2, 0) is 0 Å². The quantitative estimate of drug-likeness (QED) is 0.898. The summed E-state index contributed by atoms with van der Waals surface area (Å²) in [6.07, 6.45) is 2.69. The molecule has 94 valence electrons. The molecule has 0 atom stereocenters. The first kappa shape index (κ1) is 12.2. The zero-order chi connectivity index (χ0) is 13.0. The minimum absolute atomic E-state index is 0.224. The van der Waals surface area contributed by atoms with E-state index in [1.54, 1.807) is 18.3 Å². The fourth-order valence-electron chi connectivity index (χ4n) is 1.48. The summed E-state index contributed by atoms with van der Waals surface area (Å²) in [5.74, 6) is 0.324. The lowest BCUT2D eigenvalue weighted by Crippen LogP contribution is -2.04. The van der Waals surface area contributed by atoms with Crippen molar-refractivity contribution in [2.24, 2.45) is 0 Å². The molecule has 6 heteroatoms. The number of hydrogen-bond donors (Lipinski definition) is 1. The summed E-state index contributed by atoms with van der Waals surface area (Å²) in [5, 5.41) is 2.94. The van der Waals surface area contributed by atoms with Crippen molar-refractivity contribution in [3.8, 4) is 17.1 Å². The maximum Gasteiger partial charge on any atom is 0.223 e. The van der Waals surface area contributed by atoms with Crippen molar-refractivity contribution in [2.45, 2.75) is 6.92 Å². The number of hydrogen-bond acceptors (Lipinski definition) is 5. The molecule has 0 aliphatic heterocycles. The molecule has 2 rings (SSSR count). The van der Waals surface area contributed by atoms with E-state index in [1.165, 1.54) is 7.11 Å². The second kappa shape index (κ2) is 5.39. The molecule has 0 unspecified atom stereocenters. The maximum absolute atomic E-state index is 13.7. The summed E-state index contributed by atoms with van der Waals surface area (Å²) in [4.78, 5) is 11.9. The second-order valence-electron chi connectivity index (χ2n) is 3.51. The van der Waals surface area contributed by atoms with E-state index in [1.807, 2.05) is 6.92 Å². The average molecular weight is 248 g/mol. The number of ether oxygens (including phenoxy) is 1. The lowest BCUT2D eigenvalue weighted by Gasteiger charge is -2.06. The third kappa shape index (κ3) is 2.53. The highest BCUT2D eigenvalue weighted by Gasteiger charge is 2.10. The standard InChI is InChI=1S/C12H13FN4O/c1-3-14-12-16-7-9(13)11(17-12)8-4-5-15-10(6-8)18-2/h4-7H,3H2,1-2H3,(H,14,16,17). The second-order valence-corrected chi connectivity index (χ2v) is 3.51. The van der Waals surface area contributed by atoms with Crippen LogP contribution < -0.4 is 10.1 Å². The Morgan fingerprint density at radius 3 is 2.94 bits per heavy atom. The third-order valence-corrected chi connectivity index (χ3v) is 2.30. The largest absolute Gasteiger partial charge is 0.481 e. The summed E-state index contributed by atoms with van der Waals surface area (Å²) in [6, 6.07) is 3.30. The van der Waals surface area contributed by atoms with Crippen molar-refractivity contribution in [1.29, 1.82) is 0 Å². The van der Waals surface area contributed by atoms with E-state index in [0.717, 1.165) is 6.20 Å². The number of halogens is 1. The molecule has 18 heavy (non-hydrogen) atoms. The van der Waals surface area contributed by atoms with Gasteiger partial charge in [-0.1, -0.05) is 0 Å². The van der Waals surface area contributed by atoms with Gasteiger partial charge < -0.3 is 10.1 Å². The Bertz CT molecular complexity index is 547. The first-order valence-corrected chi connectivity index (χ1v) is 5.51. The van der Waals surface area contributed by atoms with Gasteiger partial charge in [-0.05, 0) is 13.0 Å². The van der Waals surface area contributed by atoms with Gasteiger partial charge in [0.2, 0.25) is 11.8 Å². The molecule has 0 saturated carbocycles. The summed E-state index contributed by atoms with van der Waals surface area (Å²) < 4.78 is 18.7. The summed E-state index contributed by atoms with van der Waals surface area (Å²) in [7, 11) is 1.51. The van der Waals surface area contributed by atoms with Gasteiger partial charge in [0.05, 0.1) is 13.3 Å². The van der Waals surface area contributed by atoms with Crippen LogP contribution in [0.25, 0.3) is 11.3 Å². The zero-order valence-corrected chi connectivity index (χ0v) is 10.1. The Kier molecular flexibility index (Phi) is 3.66. The monoisotopic (exact) mass is 248 g/mol. The first-order chi connectivity index (χ1) is 8.74. The molecule has 0 spiro atoms. The van der Waals surface area contributed by atoms with Crippen LogP contribution in [0, 0.1) is 5.82 Å². The van der Waals surface area contributed by atoms with Gasteiger partial charge >= 0.3 is 0 Å². The van der Waals surface area contributed by atoms with Crippen LogP contribution in [0.15, 0.2) is 24.5 Å². The smallest absolute Gasteiger partial charge is 0.223 e. The van der Waals surface area contributed by atoms with Crippen molar-refractivity contribution >= 4 is 5.95 Å². The van der Waals surface area contributed by atoms with Crippen LogP contribution in [0.4, 0.5) is 10.3 Å². The van der Waals surface area contributed by atoms with Gasteiger partial charge in [-0.25, -0.2) is 19.3 Å². The molecule has 5 nitrogen and oxygen atoms in total. The van der Waals surface area contributed by atoms with Crippen LogP contribution in [0.2, 0.25) is 0 Å². The van der Waals surface area contributed by atoms with Crippen LogP contribution in [0.1, 0.15) is 6.92 Å². The molecule has 2 aromatic rings. The molecule has 2 heterocycles. The normalized spacial score (nSPS) is 10.2. The Morgan fingerprint density at radius 1 is 1.39 bits per heavy atom. The van der Waals surface area contributed by atoms with E-state index in [9.17, 15) is 4.39 Å². The SMILES string of the molecule is CCNc1ncc(F)c(-c2ccnc(OC)c2)n1. The van der Waals surface area contributed by atoms with Gasteiger partial charge in [0.15, 0.2) is 5.82 Å². The first-order valence-electron chi connectivity index (χ1n) is 5.51. The number of methoxy groups -OCH3 is 1. The number of aromatic nitrogens is 3. The van der Waals surface area contributed by atoms with Crippen molar-refractivity contribution < 1.29 is 9.13 Å². The molecule has 0 aliphatic carbocycles. The fraction of sp³-hybridized carbons (Fsp3) is 0.250. The van der Waals surface area contributed by atoms with Gasteiger partial charge in [0, 0.05) is 24.4 Å². The predicted octanol–water partition coefficient (Wildman–Crippen LogP) is 2.12.